The highest BCUT2D eigenvalue weighted by Gasteiger charge is 2.28. The summed E-state index contributed by atoms with van der Waals surface area (Å²) in [6.45, 7) is 2.94. The summed E-state index contributed by atoms with van der Waals surface area (Å²) in [5.41, 5.74) is 4.15. The van der Waals surface area contributed by atoms with Crippen LogP contribution in [-0.4, -0.2) is 15.5 Å². The first kappa shape index (κ1) is 16.4. The van der Waals surface area contributed by atoms with Crippen LogP contribution in [0.4, 0.5) is 9.18 Å². The normalized spacial score (nSPS) is 15.8. The Balaban J connectivity index is 1.58. The zero-order valence-electron chi connectivity index (χ0n) is 14.5. The molecule has 0 bridgehead atoms. The quantitative estimate of drug-likeness (QED) is 0.731. The van der Waals surface area contributed by atoms with Gasteiger partial charge in [-0.25, -0.2) is 9.18 Å². The predicted octanol–water partition coefficient (Wildman–Crippen LogP) is 4.40. The van der Waals surface area contributed by atoms with Gasteiger partial charge in [0.2, 0.25) is 0 Å². The number of para-hydroxylation sites is 1. The SMILES string of the molecule is CC1c2cccn2-c2ccccc2CN1C(=O)NCc1ccc(F)cc1. The van der Waals surface area contributed by atoms with Gasteiger partial charge in [-0.15, -0.1) is 0 Å². The summed E-state index contributed by atoms with van der Waals surface area (Å²) in [5.74, 6) is -0.279. The Kier molecular flexibility index (Phi) is 4.21. The average molecular weight is 349 g/mol. The number of rotatable bonds is 2. The van der Waals surface area contributed by atoms with Gasteiger partial charge in [0.25, 0.3) is 0 Å². The fourth-order valence-electron chi connectivity index (χ4n) is 3.44. The number of nitrogens with one attached hydrogen (secondary N) is 1. The third-order valence-electron chi connectivity index (χ3n) is 4.89. The number of aromatic nitrogens is 1. The van der Waals surface area contributed by atoms with Gasteiger partial charge in [0.05, 0.1) is 18.3 Å². The van der Waals surface area contributed by atoms with Gasteiger partial charge in [-0.1, -0.05) is 30.3 Å². The molecule has 5 heteroatoms. The molecule has 1 N–H and O–H groups in total. The van der Waals surface area contributed by atoms with Crippen molar-refractivity contribution in [1.29, 1.82) is 0 Å². The van der Waals surface area contributed by atoms with Crippen LogP contribution in [0.15, 0.2) is 66.9 Å². The highest BCUT2D eigenvalue weighted by molar-refractivity contribution is 5.75. The number of nitrogens with zero attached hydrogens (tertiary/aromatic N) is 2. The Labute approximate surface area is 151 Å². The van der Waals surface area contributed by atoms with Crippen molar-refractivity contribution in [3.05, 3.63) is 89.5 Å². The van der Waals surface area contributed by atoms with E-state index in [4.69, 9.17) is 0 Å². The van der Waals surface area contributed by atoms with E-state index in [9.17, 15) is 9.18 Å². The van der Waals surface area contributed by atoms with Crippen LogP contribution in [0.25, 0.3) is 5.69 Å². The molecule has 0 spiro atoms. The van der Waals surface area contributed by atoms with Crippen LogP contribution in [0.2, 0.25) is 0 Å². The van der Waals surface area contributed by atoms with Crippen LogP contribution >= 0.6 is 0 Å². The molecule has 0 saturated heterocycles. The van der Waals surface area contributed by atoms with E-state index in [1.807, 2.05) is 42.3 Å². The highest BCUT2D eigenvalue weighted by Crippen LogP contribution is 2.31. The number of fused-ring (bicyclic) bond motifs is 3. The topological polar surface area (TPSA) is 37.3 Å². The van der Waals surface area contributed by atoms with Crippen molar-refractivity contribution in [3.63, 3.8) is 0 Å². The molecular formula is C21H20FN3O. The van der Waals surface area contributed by atoms with Gasteiger partial charge in [0.1, 0.15) is 5.82 Å². The van der Waals surface area contributed by atoms with E-state index in [0.29, 0.717) is 13.1 Å². The third kappa shape index (κ3) is 2.96. The van der Waals surface area contributed by atoms with Crippen molar-refractivity contribution in [2.24, 2.45) is 0 Å². The molecule has 132 valence electrons. The zero-order chi connectivity index (χ0) is 18.1. The second kappa shape index (κ2) is 6.67. The Morgan fingerprint density at radius 1 is 1.12 bits per heavy atom. The fraction of sp³-hybridized carbons (Fsp3) is 0.190. The summed E-state index contributed by atoms with van der Waals surface area (Å²) in [6.07, 6.45) is 2.03. The summed E-state index contributed by atoms with van der Waals surface area (Å²) >= 11 is 0. The van der Waals surface area contributed by atoms with Gasteiger partial charge in [0.15, 0.2) is 0 Å². The van der Waals surface area contributed by atoms with Crippen LogP contribution in [-0.2, 0) is 13.1 Å². The van der Waals surface area contributed by atoms with E-state index in [0.717, 1.165) is 22.5 Å². The predicted molar refractivity (Wildman–Crippen MR) is 98.4 cm³/mol. The number of hydrogen-bond acceptors (Lipinski definition) is 1. The van der Waals surface area contributed by atoms with E-state index in [-0.39, 0.29) is 17.9 Å². The molecule has 0 fully saturated rings. The summed E-state index contributed by atoms with van der Waals surface area (Å²) < 4.78 is 15.2. The maximum atomic E-state index is 13.0. The molecule has 0 aliphatic carbocycles. The molecule has 2 aromatic carbocycles. The fourth-order valence-corrected chi connectivity index (χ4v) is 3.44. The molecule has 1 aliphatic rings. The Morgan fingerprint density at radius 3 is 2.69 bits per heavy atom. The van der Waals surface area contributed by atoms with E-state index in [1.165, 1.54) is 12.1 Å². The first-order valence-corrected chi connectivity index (χ1v) is 8.68. The lowest BCUT2D eigenvalue weighted by molar-refractivity contribution is 0.175. The molecule has 26 heavy (non-hydrogen) atoms. The number of halogens is 1. The van der Waals surface area contributed by atoms with Crippen LogP contribution in [0, 0.1) is 5.82 Å². The van der Waals surface area contributed by atoms with Crippen LogP contribution < -0.4 is 5.32 Å². The maximum Gasteiger partial charge on any atom is 0.318 e. The molecule has 1 atom stereocenters. The van der Waals surface area contributed by atoms with Gasteiger partial charge >= 0.3 is 6.03 Å². The highest BCUT2D eigenvalue weighted by atomic mass is 19.1. The van der Waals surface area contributed by atoms with Gasteiger partial charge in [-0.3, -0.25) is 0 Å². The zero-order valence-corrected chi connectivity index (χ0v) is 14.5. The van der Waals surface area contributed by atoms with E-state index in [2.05, 4.69) is 22.0 Å². The number of urea groups is 1. The molecular weight excluding hydrogens is 329 g/mol. The van der Waals surface area contributed by atoms with Crippen molar-refractivity contribution in [1.82, 2.24) is 14.8 Å². The average Bonchev–Trinajstić information content (AvgIpc) is 3.11. The number of benzene rings is 2. The molecule has 1 aliphatic heterocycles. The van der Waals surface area contributed by atoms with E-state index >= 15 is 0 Å². The van der Waals surface area contributed by atoms with Crippen LogP contribution in [0.5, 0.6) is 0 Å². The van der Waals surface area contributed by atoms with Crippen molar-refractivity contribution in [3.8, 4) is 5.69 Å². The van der Waals surface area contributed by atoms with Crippen molar-refractivity contribution < 1.29 is 9.18 Å². The second-order valence-electron chi connectivity index (χ2n) is 6.52. The summed E-state index contributed by atoms with van der Waals surface area (Å²) in [5, 5.41) is 2.96. The minimum atomic E-state index is -0.279. The summed E-state index contributed by atoms with van der Waals surface area (Å²) in [6, 6.07) is 18.2. The van der Waals surface area contributed by atoms with Gasteiger partial charge in [-0.2, -0.15) is 0 Å². The molecule has 2 amide bonds. The Hall–Kier alpha value is -3.08. The standard InChI is InChI=1S/C21H20FN3O/c1-15-19-7-4-12-24(19)20-6-3-2-5-17(20)14-25(15)21(26)23-13-16-8-10-18(22)11-9-16/h2-12,15H,13-14H2,1H3,(H,23,26). The molecule has 1 aromatic heterocycles. The second-order valence-corrected chi connectivity index (χ2v) is 6.52. The Morgan fingerprint density at radius 2 is 1.88 bits per heavy atom. The number of hydrogen-bond donors (Lipinski definition) is 1. The summed E-state index contributed by atoms with van der Waals surface area (Å²) in [4.78, 5) is 14.7. The molecule has 1 unspecified atom stereocenters. The third-order valence-corrected chi connectivity index (χ3v) is 4.89. The Bertz CT molecular complexity index is 932. The summed E-state index contributed by atoms with van der Waals surface area (Å²) in [7, 11) is 0. The van der Waals surface area contributed by atoms with Crippen molar-refractivity contribution in [2.75, 3.05) is 0 Å². The molecule has 0 saturated carbocycles. The number of amides is 2. The first-order chi connectivity index (χ1) is 12.6. The van der Waals surface area contributed by atoms with E-state index < -0.39 is 0 Å². The minimum Gasteiger partial charge on any atom is -0.334 e. The number of carbonyl (C=O) groups excluding carboxylic acids is 1. The van der Waals surface area contributed by atoms with Crippen molar-refractivity contribution >= 4 is 6.03 Å². The van der Waals surface area contributed by atoms with Gasteiger partial charge < -0.3 is 14.8 Å². The van der Waals surface area contributed by atoms with E-state index in [1.54, 1.807) is 12.1 Å². The lowest BCUT2D eigenvalue weighted by atomic mass is 10.1. The van der Waals surface area contributed by atoms with Gasteiger partial charge in [0, 0.05) is 18.4 Å². The van der Waals surface area contributed by atoms with Gasteiger partial charge in [-0.05, 0) is 48.4 Å². The van der Waals surface area contributed by atoms with Crippen LogP contribution in [0.3, 0.4) is 0 Å². The molecule has 3 aromatic rings. The first-order valence-electron chi connectivity index (χ1n) is 8.68. The lowest BCUT2D eigenvalue weighted by Gasteiger charge is -2.27. The monoisotopic (exact) mass is 349 g/mol. The van der Waals surface area contributed by atoms with Crippen molar-refractivity contribution in [2.45, 2.75) is 26.1 Å². The largest absolute Gasteiger partial charge is 0.334 e. The molecule has 4 rings (SSSR count). The lowest BCUT2D eigenvalue weighted by Crippen LogP contribution is -2.40. The molecule has 4 nitrogen and oxygen atoms in total. The maximum absolute atomic E-state index is 13.0. The minimum absolute atomic E-state index is 0.0642. The molecule has 2 heterocycles. The van der Waals surface area contributed by atoms with Crippen LogP contribution in [0.1, 0.15) is 29.8 Å². The smallest absolute Gasteiger partial charge is 0.318 e. The number of carbonyl (C=O) groups is 1. The molecule has 0 radical (unpaired) electrons.